The average Bonchev–Trinajstić information content (AvgIpc) is 3.00. The van der Waals surface area contributed by atoms with Gasteiger partial charge in [0.15, 0.2) is 0 Å². The molecule has 21 heavy (non-hydrogen) atoms. The van der Waals surface area contributed by atoms with Gasteiger partial charge < -0.3 is 19.5 Å². The molecule has 5 nitrogen and oxygen atoms in total. The zero-order chi connectivity index (χ0) is 14.7. The Morgan fingerprint density at radius 1 is 1.24 bits per heavy atom. The van der Waals surface area contributed by atoms with Crippen LogP contribution in [0.1, 0.15) is 11.3 Å². The van der Waals surface area contributed by atoms with Gasteiger partial charge in [-0.25, -0.2) is 0 Å². The molecule has 3 rings (SSSR count). The van der Waals surface area contributed by atoms with Crippen molar-refractivity contribution < 1.29 is 9.15 Å². The molecule has 2 N–H and O–H groups in total. The fourth-order valence-corrected chi connectivity index (χ4v) is 2.22. The summed E-state index contributed by atoms with van der Waals surface area (Å²) in [5.74, 6) is 1.61. The summed E-state index contributed by atoms with van der Waals surface area (Å²) >= 11 is 0. The second kappa shape index (κ2) is 5.85. The molecule has 0 amide bonds. The highest BCUT2D eigenvalue weighted by Crippen LogP contribution is 2.18. The largest absolute Gasteiger partial charge is 0.497 e. The normalized spacial score (nSPS) is 10.9. The van der Waals surface area contributed by atoms with Gasteiger partial charge in [0.2, 0.25) is 0 Å². The van der Waals surface area contributed by atoms with Crippen LogP contribution in [0.5, 0.6) is 5.75 Å². The van der Waals surface area contributed by atoms with Crippen LogP contribution in [-0.2, 0) is 13.1 Å². The van der Waals surface area contributed by atoms with Crippen molar-refractivity contribution in [2.75, 3.05) is 7.11 Å². The van der Waals surface area contributed by atoms with Crippen molar-refractivity contribution in [3.63, 3.8) is 0 Å². The van der Waals surface area contributed by atoms with Crippen molar-refractivity contribution in [3.05, 3.63) is 64.3 Å². The molecule has 2 aromatic heterocycles. The number of methoxy groups -OCH3 is 1. The van der Waals surface area contributed by atoms with E-state index in [1.807, 2.05) is 36.4 Å². The Kier molecular flexibility index (Phi) is 3.75. The SMILES string of the molecule is COc1ccc2[nH]c(=O)c(CNCc3ccco3)cc2c1. The van der Waals surface area contributed by atoms with Gasteiger partial charge in [-0.05, 0) is 36.4 Å². The molecule has 0 bridgehead atoms. The highest BCUT2D eigenvalue weighted by atomic mass is 16.5. The Labute approximate surface area is 121 Å². The molecule has 0 spiro atoms. The quantitative estimate of drug-likeness (QED) is 0.755. The average molecular weight is 284 g/mol. The number of hydrogen-bond acceptors (Lipinski definition) is 4. The highest BCUT2D eigenvalue weighted by Gasteiger charge is 2.04. The van der Waals surface area contributed by atoms with Gasteiger partial charge in [-0.15, -0.1) is 0 Å². The summed E-state index contributed by atoms with van der Waals surface area (Å²) in [5, 5.41) is 4.14. The second-order valence-corrected chi connectivity index (χ2v) is 4.76. The molecule has 5 heteroatoms. The van der Waals surface area contributed by atoms with E-state index >= 15 is 0 Å². The maximum absolute atomic E-state index is 12.0. The lowest BCUT2D eigenvalue weighted by atomic mass is 10.1. The molecule has 1 aromatic carbocycles. The Morgan fingerprint density at radius 2 is 2.14 bits per heavy atom. The first-order chi connectivity index (χ1) is 10.3. The van der Waals surface area contributed by atoms with Crippen LogP contribution in [0.3, 0.4) is 0 Å². The molecule has 0 fully saturated rings. The van der Waals surface area contributed by atoms with E-state index < -0.39 is 0 Å². The van der Waals surface area contributed by atoms with E-state index in [-0.39, 0.29) is 5.56 Å². The number of pyridine rings is 1. The third-order valence-corrected chi connectivity index (χ3v) is 3.32. The molecule has 0 atom stereocenters. The van der Waals surface area contributed by atoms with E-state index in [2.05, 4.69) is 10.3 Å². The molecule has 0 aliphatic heterocycles. The number of nitrogens with one attached hydrogen (secondary N) is 2. The summed E-state index contributed by atoms with van der Waals surface area (Å²) in [6, 6.07) is 11.2. The maximum Gasteiger partial charge on any atom is 0.252 e. The summed E-state index contributed by atoms with van der Waals surface area (Å²) in [6.07, 6.45) is 1.63. The number of benzene rings is 1. The van der Waals surface area contributed by atoms with Crippen LogP contribution < -0.4 is 15.6 Å². The van der Waals surface area contributed by atoms with E-state index in [0.29, 0.717) is 18.7 Å². The van der Waals surface area contributed by atoms with Gasteiger partial charge in [0.25, 0.3) is 5.56 Å². The summed E-state index contributed by atoms with van der Waals surface area (Å²) in [7, 11) is 1.62. The molecular weight excluding hydrogens is 268 g/mol. The predicted octanol–water partition coefficient (Wildman–Crippen LogP) is 2.42. The topological polar surface area (TPSA) is 67.3 Å². The number of H-pyrrole nitrogens is 1. The van der Waals surface area contributed by atoms with E-state index in [1.54, 1.807) is 13.4 Å². The van der Waals surface area contributed by atoms with Crippen LogP contribution in [0.25, 0.3) is 10.9 Å². The molecule has 3 aromatic rings. The number of hydrogen-bond donors (Lipinski definition) is 2. The summed E-state index contributed by atoms with van der Waals surface area (Å²) in [4.78, 5) is 14.9. The van der Waals surface area contributed by atoms with Crippen molar-refractivity contribution >= 4 is 10.9 Å². The van der Waals surface area contributed by atoms with Crippen LogP contribution in [-0.4, -0.2) is 12.1 Å². The molecular formula is C16H16N2O3. The predicted molar refractivity (Wildman–Crippen MR) is 80.4 cm³/mol. The van der Waals surface area contributed by atoms with Crippen molar-refractivity contribution in [1.82, 2.24) is 10.3 Å². The van der Waals surface area contributed by atoms with Crippen molar-refractivity contribution in [2.45, 2.75) is 13.1 Å². The lowest BCUT2D eigenvalue weighted by molar-refractivity contribution is 0.415. The Bertz CT molecular complexity index is 791. The molecule has 2 heterocycles. The number of aromatic amines is 1. The van der Waals surface area contributed by atoms with Crippen molar-refractivity contribution in [2.24, 2.45) is 0 Å². The Hall–Kier alpha value is -2.53. The molecule has 0 saturated carbocycles. The molecule has 0 radical (unpaired) electrons. The number of ether oxygens (including phenoxy) is 1. The zero-order valence-electron chi connectivity index (χ0n) is 11.7. The summed E-state index contributed by atoms with van der Waals surface area (Å²) in [5.41, 5.74) is 1.40. The summed E-state index contributed by atoms with van der Waals surface area (Å²) < 4.78 is 10.4. The van der Waals surface area contributed by atoms with E-state index in [1.165, 1.54) is 0 Å². The fourth-order valence-electron chi connectivity index (χ4n) is 2.22. The zero-order valence-corrected chi connectivity index (χ0v) is 11.7. The Morgan fingerprint density at radius 3 is 2.90 bits per heavy atom. The maximum atomic E-state index is 12.0. The van der Waals surface area contributed by atoms with Crippen LogP contribution in [0.2, 0.25) is 0 Å². The van der Waals surface area contributed by atoms with Gasteiger partial charge in [0.05, 0.1) is 19.9 Å². The fraction of sp³-hybridized carbons (Fsp3) is 0.188. The first kappa shape index (κ1) is 13.5. The lowest BCUT2D eigenvalue weighted by Crippen LogP contribution is -2.20. The molecule has 108 valence electrons. The smallest absolute Gasteiger partial charge is 0.252 e. The van der Waals surface area contributed by atoms with E-state index in [4.69, 9.17) is 9.15 Å². The molecule has 0 aliphatic carbocycles. The lowest BCUT2D eigenvalue weighted by Gasteiger charge is -2.06. The van der Waals surface area contributed by atoms with Crippen LogP contribution in [0, 0.1) is 0 Å². The third-order valence-electron chi connectivity index (χ3n) is 3.32. The van der Waals surface area contributed by atoms with Crippen LogP contribution in [0.4, 0.5) is 0 Å². The molecule has 0 saturated heterocycles. The minimum absolute atomic E-state index is 0.0837. The molecule has 0 aliphatic rings. The van der Waals surface area contributed by atoms with E-state index in [9.17, 15) is 4.79 Å². The minimum Gasteiger partial charge on any atom is -0.497 e. The molecule has 0 unspecified atom stereocenters. The van der Waals surface area contributed by atoms with Gasteiger partial charge in [0.1, 0.15) is 11.5 Å². The first-order valence-electron chi connectivity index (χ1n) is 6.69. The number of fused-ring (bicyclic) bond motifs is 1. The van der Waals surface area contributed by atoms with Crippen molar-refractivity contribution in [3.8, 4) is 5.75 Å². The minimum atomic E-state index is -0.0837. The number of furan rings is 1. The standard InChI is InChI=1S/C16H16N2O3/c1-20-13-4-5-15-11(8-13)7-12(16(19)18-15)9-17-10-14-3-2-6-21-14/h2-8,17H,9-10H2,1H3,(H,18,19). The van der Waals surface area contributed by atoms with E-state index in [0.717, 1.165) is 22.4 Å². The highest BCUT2D eigenvalue weighted by molar-refractivity contribution is 5.80. The number of aromatic nitrogens is 1. The van der Waals surface area contributed by atoms with Gasteiger partial charge in [-0.2, -0.15) is 0 Å². The first-order valence-corrected chi connectivity index (χ1v) is 6.69. The monoisotopic (exact) mass is 284 g/mol. The number of rotatable bonds is 5. The summed E-state index contributed by atoms with van der Waals surface area (Å²) in [6.45, 7) is 1.06. The Balaban J connectivity index is 1.80. The van der Waals surface area contributed by atoms with Gasteiger partial charge in [0, 0.05) is 23.0 Å². The van der Waals surface area contributed by atoms with Gasteiger partial charge in [-0.3, -0.25) is 4.79 Å². The van der Waals surface area contributed by atoms with Crippen LogP contribution >= 0.6 is 0 Å². The third kappa shape index (κ3) is 2.98. The van der Waals surface area contributed by atoms with Crippen molar-refractivity contribution in [1.29, 1.82) is 0 Å². The van der Waals surface area contributed by atoms with Crippen LogP contribution in [0.15, 0.2) is 51.9 Å². The van der Waals surface area contributed by atoms with Gasteiger partial charge in [-0.1, -0.05) is 0 Å². The van der Waals surface area contributed by atoms with Gasteiger partial charge >= 0.3 is 0 Å². The second-order valence-electron chi connectivity index (χ2n) is 4.76.